The molecule has 0 saturated carbocycles. The highest BCUT2D eigenvalue weighted by molar-refractivity contribution is 7.14. The second-order valence-corrected chi connectivity index (χ2v) is 5.58. The lowest BCUT2D eigenvalue weighted by Crippen LogP contribution is -2.29. The van der Waals surface area contributed by atoms with Crippen molar-refractivity contribution in [2.45, 2.75) is 13.5 Å². The van der Waals surface area contributed by atoms with E-state index in [9.17, 15) is 4.79 Å². The first-order chi connectivity index (χ1) is 10.7. The minimum atomic E-state index is -0.291. The third-order valence-electron chi connectivity index (χ3n) is 2.98. The van der Waals surface area contributed by atoms with E-state index >= 15 is 0 Å². The number of rotatable bonds is 4. The summed E-state index contributed by atoms with van der Waals surface area (Å²) < 4.78 is 1.60. The highest BCUT2D eigenvalue weighted by atomic mass is 32.1. The second-order valence-electron chi connectivity index (χ2n) is 4.63. The minimum absolute atomic E-state index is 0.234. The van der Waals surface area contributed by atoms with Gasteiger partial charge in [-0.15, -0.1) is 16.4 Å². The van der Waals surface area contributed by atoms with Crippen LogP contribution in [-0.4, -0.2) is 26.2 Å². The van der Waals surface area contributed by atoms with Gasteiger partial charge in [0.2, 0.25) is 0 Å². The van der Waals surface area contributed by atoms with E-state index in [0.29, 0.717) is 5.82 Å². The number of carbonyl (C=O) groups excluding carboxylic acids is 1. The Hall–Kier alpha value is -2.74. The molecule has 8 heteroatoms. The molecule has 2 aromatic heterocycles. The van der Waals surface area contributed by atoms with Crippen molar-refractivity contribution in [2.75, 3.05) is 5.32 Å². The van der Waals surface area contributed by atoms with E-state index in [0.717, 1.165) is 16.3 Å². The largest absolute Gasteiger partial charge is 0.330 e. The van der Waals surface area contributed by atoms with Crippen molar-refractivity contribution >= 4 is 22.4 Å². The van der Waals surface area contributed by atoms with Gasteiger partial charge in [-0.25, -0.2) is 4.79 Å². The van der Waals surface area contributed by atoms with Gasteiger partial charge in [-0.05, 0) is 47.0 Å². The number of anilines is 1. The Morgan fingerprint density at radius 2 is 2.09 bits per heavy atom. The van der Waals surface area contributed by atoms with E-state index < -0.39 is 0 Å². The number of hydrogen-bond acceptors (Lipinski definition) is 5. The Kier molecular flexibility index (Phi) is 4.10. The minimum Gasteiger partial charge on any atom is -0.330 e. The number of nitrogens with one attached hydrogen (secondary N) is 2. The van der Waals surface area contributed by atoms with Crippen molar-refractivity contribution in [1.29, 1.82) is 0 Å². The fourth-order valence-corrected chi connectivity index (χ4v) is 2.48. The number of hydrogen-bond donors (Lipinski definition) is 2. The summed E-state index contributed by atoms with van der Waals surface area (Å²) in [6.45, 7) is 2.25. The summed E-state index contributed by atoms with van der Waals surface area (Å²) in [5.74, 6) is 0.560. The van der Waals surface area contributed by atoms with Crippen LogP contribution in [0, 0.1) is 6.92 Å². The molecule has 0 unspecified atom stereocenters. The molecular formula is C14H14N6OS. The van der Waals surface area contributed by atoms with Crippen molar-refractivity contribution in [2.24, 2.45) is 0 Å². The first-order valence-electron chi connectivity index (χ1n) is 6.65. The zero-order chi connectivity index (χ0) is 15.4. The molecule has 1 aromatic carbocycles. The summed E-state index contributed by atoms with van der Waals surface area (Å²) in [4.78, 5) is 11.8. The molecule has 3 rings (SSSR count). The molecule has 0 radical (unpaired) electrons. The number of urea groups is 1. The van der Waals surface area contributed by atoms with Crippen LogP contribution in [0.3, 0.4) is 0 Å². The van der Waals surface area contributed by atoms with E-state index in [2.05, 4.69) is 26.2 Å². The maximum absolute atomic E-state index is 11.8. The first kappa shape index (κ1) is 14.2. The Morgan fingerprint density at radius 3 is 2.82 bits per heavy atom. The van der Waals surface area contributed by atoms with E-state index in [1.807, 2.05) is 48.7 Å². The van der Waals surface area contributed by atoms with Gasteiger partial charge in [0.25, 0.3) is 0 Å². The summed E-state index contributed by atoms with van der Waals surface area (Å²) >= 11 is 1.46. The third kappa shape index (κ3) is 3.29. The van der Waals surface area contributed by atoms with Gasteiger partial charge in [0.05, 0.1) is 17.2 Å². The predicted molar refractivity (Wildman–Crippen MR) is 84.1 cm³/mol. The number of amides is 2. The third-order valence-corrected chi connectivity index (χ3v) is 3.76. The normalized spacial score (nSPS) is 10.4. The Bertz CT molecular complexity index is 750. The zero-order valence-electron chi connectivity index (χ0n) is 11.9. The lowest BCUT2D eigenvalue weighted by atomic mass is 10.2. The quantitative estimate of drug-likeness (QED) is 0.774. The molecule has 22 heavy (non-hydrogen) atoms. The molecule has 2 heterocycles. The van der Waals surface area contributed by atoms with Crippen molar-refractivity contribution in [3.05, 3.63) is 53.2 Å². The molecule has 0 aliphatic heterocycles. The fourth-order valence-electron chi connectivity index (χ4n) is 1.87. The average molecular weight is 314 g/mol. The summed E-state index contributed by atoms with van der Waals surface area (Å²) in [7, 11) is 0. The Balaban J connectivity index is 1.65. The molecule has 0 saturated heterocycles. The molecule has 7 nitrogen and oxygen atoms in total. The van der Waals surface area contributed by atoms with Gasteiger partial charge in [0.1, 0.15) is 0 Å². The summed E-state index contributed by atoms with van der Waals surface area (Å²) in [5.41, 5.74) is 2.01. The lowest BCUT2D eigenvalue weighted by Gasteiger charge is -2.07. The standard InChI is InChI=1S/C14H14N6OS/c1-10-4-6-11(7-5-10)20-12(17-18-19-20)9-15-14(21)16-13-3-2-8-22-13/h2-8H,9H2,1H3,(H2,15,16,21). The molecule has 0 spiro atoms. The average Bonchev–Trinajstić information content (AvgIpc) is 3.17. The van der Waals surface area contributed by atoms with E-state index in [1.54, 1.807) is 4.68 Å². The predicted octanol–water partition coefficient (Wildman–Crippen LogP) is 2.35. The molecule has 0 fully saturated rings. The lowest BCUT2D eigenvalue weighted by molar-refractivity contribution is 0.251. The number of benzene rings is 1. The van der Waals surface area contributed by atoms with Gasteiger partial charge < -0.3 is 5.32 Å². The maximum atomic E-state index is 11.8. The van der Waals surface area contributed by atoms with Crippen LogP contribution in [0.25, 0.3) is 5.69 Å². The van der Waals surface area contributed by atoms with Gasteiger partial charge in [0.15, 0.2) is 5.82 Å². The number of nitrogens with zero attached hydrogens (tertiary/aromatic N) is 4. The SMILES string of the molecule is Cc1ccc(-n2nnnc2CNC(=O)Nc2cccs2)cc1. The second kappa shape index (κ2) is 6.35. The van der Waals surface area contributed by atoms with Gasteiger partial charge >= 0.3 is 6.03 Å². The number of thiophene rings is 1. The van der Waals surface area contributed by atoms with E-state index in [1.165, 1.54) is 11.3 Å². The van der Waals surface area contributed by atoms with Crippen molar-refractivity contribution in [3.8, 4) is 5.69 Å². The van der Waals surface area contributed by atoms with E-state index in [4.69, 9.17) is 0 Å². The van der Waals surface area contributed by atoms with Gasteiger partial charge in [-0.2, -0.15) is 4.68 Å². The van der Waals surface area contributed by atoms with Gasteiger partial charge in [-0.3, -0.25) is 5.32 Å². The molecule has 3 aromatic rings. The van der Waals surface area contributed by atoms with E-state index in [-0.39, 0.29) is 12.6 Å². The van der Waals surface area contributed by atoms with Gasteiger partial charge in [-0.1, -0.05) is 17.7 Å². The molecular weight excluding hydrogens is 300 g/mol. The van der Waals surface area contributed by atoms with Crippen LogP contribution >= 0.6 is 11.3 Å². The fraction of sp³-hybridized carbons (Fsp3) is 0.143. The van der Waals surface area contributed by atoms with Crippen molar-refractivity contribution in [3.63, 3.8) is 0 Å². The highest BCUT2D eigenvalue weighted by Crippen LogP contribution is 2.14. The summed E-state index contributed by atoms with van der Waals surface area (Å²) in [6, 6.07) is 11.2. The van der Waals surface area contributed by atoms with Crippen LogP contribution in [-0.2, 0) is 6.54 Å². The highest BCUT2D eigenvalue weighted by Gasteiger charge is 2.10. The topological polar surface area (TPSA) is 84.7 Å². The number of carbonyl (C=O) groups is 1. The van der Waals surface area contributed by atoms with Crippen LogP contribution in [0.15, 0.2) is 41.8 Å². The van der Waals surface area contributed by atoms with Gasteiger partial charge in [0, 0.05) is 0 Å². The summed E-state index contributed by atoms with van der Waals surface area (Å²) in [5, 5.41) is 19.7. The van der Waals surface area contributed by atoms with Crippen LogP contribution in [0.2, 0.25) is 0 Å². The molecule has 0 atom stereocenters. The van der Waals surface area contributed by atoms with Crippen molar-refractivity contribution in [1.82, 2.24) is 25.5 Å². The molecule has 0 aliphatic rings. The monoisotopic (exact) mass is 314 g/mol. The van der Waals surface area contributed by atoms with Crippen LogP contribution < -0.4 is 10.6 Å². The van der Waals surface area contributed by atoms with Crippen LogP contribution in [0.1, 0.15) is 11.4 Å². The number of tetrazole rings is 1. The molecule has 112 valence electrons. The van der Waals surface area contributed by atoms with Crippen LogP contribution in [0.5, 0.6) is 0 Å². The molecule has 0 aliphatic carbocycles. The first-order valence-corrected chi connectivity index (χ1v) is 7.53. The maximum Gasteiger partial charge on any atom is 0.320 e. The smallest absolute Gasteiger partial charge is 0.320 e. The molecule has 2 N–H and O–H groups in total. The molecule has 0 bridgehead atoms. The Morgan fingerprint density at radius 1 is 1.27 bits per heavy atom. The van der Waals surface area contributed by atoms with Crippen molar-refractivity contribution < 1.29 is 4.79 Å². The number of aryl methyl sites for hydroxylation is 1. The van der Waals surface area contributed by atoms with Crippen LogP contribution in [0.4, 0.5) is 9.80 Å². The molecule has 2 amide bonds. The Labute approximate surface area is 131 Å². The summed E-state index contributed by atoms with van der Waals surface area (Å²) in [6.07, 6.45) is 0. The number of aromatic nitrogens is 4. The zero-order valence-corrected chi connectivity index (χ0v) is 12.7.